The van der Waals surface area contributed by atoms with Crippen molar-refractivity contribution in [2.75, 3.05) is 0 Å². The molecule has 0 aromatic carbocycles. The van der Waals surface area contributed by atoms with Crippen molar-refractivity contribution >= 4 is 5.65 Å². The molecule has 0 unspecified atom stereocenters. The van der Waals surface area contributed by atoms with Gasteiger partial charge in [0.25, 0.3) is 0 Å². The first kappa shape index (κ1) is 8.23. The number of aryl methyl sites for hydroxylation is 2. The van der Waals surface area contributed by atoms with Crippen LogP contribution < -0.4 is 0 Å². The maximum Gasteiger partial charge on any atom is 0.139 e. The minimum atomic E-state index is -0.223. The molecule has 3 heteroatoms. The van der Waals surface area contributed by atoms with Crippen molar-refractivity contribution in [2.45, 2.75) is 20.3 Å². The number of fused-ring (bicyclic) bond motifs is 1. The van der Waals surface area contributed by atoms with E-state index >= 15 is 0 Å². The normalized spacial score (nSPS) is 11.0. The van der Waals surface area contributed by atoms with Gasteiger partial charge in [-0.25, -0.2) is 9.37 Å². The minimum Gasteiger partial charge on any atom is -0.301 e. The van der Waals surface area contributed by atoms with Crippen LogP contribution in [0.3, 0.4) is 0 Å². The van der Waals surface area contributed by atoms with Crippen molar-refractivity contribution in [1.29, 1.82) is 0 Å². The Hall–Kier alpha value is -1.38. The van der Waals surface area contributed by atoms with Gasteiger partial charge in [-0.2, -0.15) is 0 Å². The first-order valence-corrected chi connectivity index (χ1v) is 4.35. The van der Waals surface area contributed by atoms with Gasteiger partial charge in [-0.15, -0.1) is 0 Å². The molecule has 0 saturated heterocycles. The average molecular weight is 178 g/mol. The van der Waals surface area contributed by atoms with E-state index in [0.29, 0.717) is 0 Å². The van der Waals surface area contributed by atoms with Crippen LogP contribution in [-0.4, -0.2) is 9.38 Å². The van der Waals surface area contributed by atoms with E-state index in [2.05, 4.69) is 4.98 Å². The van der Waals surface area contributed by atoms with E-state index in [-0.39, 0.29) is 5.82 Å². The number of aromatic nitrogens is 2. The van der Waals surface area contributed by atoms with Crippen molar-refractivity contribution in [3.63, 3.8) is 0 Å². The molecule has 2 nitrogen and oxygen atoms in total. The molecule has 13 heavy (non-hydrogen) atoms. The lowest BCUT2D eigenvalue weighted by molar-refractivity contribution is 0.618. The van der Waals surface area contributed by atoms with Crippen molar-refractivity contribution in [3.05, 3.63) is 35.5 Å². The summed E-state index contributed by atoms with van der Waals surface area (Å²) in [5.74, 6) is -0.223. The van der Waals surface area contributed by atoms with Crippen LogP contribution in [0, 0.1) is 12.7 Å². The Bertz CT molecular complexity index is 445. The van der Waals surface area contributed by atoms with E-state index in [1.165, 1.54) is 12.3 Å². The Balaban J connectivity index is 2.80. The summed E-state index contributed by atoms with van der Waals surface area (Å²) < 4.78 is 14.7. The van der Waals surface area contributed by atoms with Crippen molar-refractivity contribution in [1.82, 2.24) is 9.38 Å². The quantitative estimate of drug-likeness (QED) is 0.655. The fraction of sp³-hybridized carbons (Fsp3) is 0.300. The SMILES string of the molecule is CCc1c(C)nc2ccc(F)cn12. The summed E-state index contributed by atoms with van der Waals surface area (Å²) in [6, 6.07) is 3.13. The molecule has 0 amide bonds. The van der Waals surface area contributed by atoms with Crippen LogP contribution in [0.5, 0.6) is 0 Å². The molecule has 0 spiro atoms. The molecule has 0 aliphatic heterocycles. The Labute approximate surface area is 76.0 Å². The number of halogens is 1. The van der Waals surface area contributed by atoms with Gasteiger partial charge in [0.1, 0.15) is 11.5 Å². The summed E-state index contributed by atoms with van der Waals surface area (Å²) in [4.78, 5) is 4.32. The molecule has 0 bridgehead atoms. The molecule has 2 aromatic rings. The topological polar surface area (TPSA) is 17.3 Å². The van der Waals surface area contributed by atoms with Crippen LogP contribution >= 0.6 is 0 Å². The molecule has 2 heterocycles. The molecule has 0 saturated carbocycles. The average Bonchev–Trinajstić information content (AvgIpc) is 2.40. The zero-order chi connectivity index (χ0) is 9.42. The smallest absolute Gasteiger partial charge is 0.139 e. The van der Waals surface area contributed by atoms with Gasteiger partial charge in [-0.05, 0) is 25.5 Å². The highest BCUT2D eigenvalue weighted by Crippen LogP contribution is 2.13. The Morgan fingerprint density at radius 3 is 2.92 bits per heavy atom. The number of pyridine rings is 1. The summed E-state index contributed by atoms with van der Waals surface area (Å²) >= 11 is 0. The molecule has 0 fully saturated rings. The predicted molar refractivity (Wildman–Crippen MR) is 49.3 cm³/mol. The van der Waals surface area contributed by atoms with Gasteiger partial charge in [0.05, 0.1) is 5.69 Å². The zero-order valence-electron chi connectivity index (χ0n) is 7.71. The zero-order valence-corrected chi connectivity index (χ0v) is 7.71. The molecular formula is C10H11FN2. The van der Waals surface area contributed by atoms with E-state index in [1.807, 2.05) is 18.2 Å². The maximum absolute atomic E-state index is 12.9. The van der Waals surface area contributed by atoms with Gasteiger partial charge >= 0.3 is 0 Å². The molecule has 2 aromatic heterocycles. The van der Waals surface area contributed by atoms with E-state index in [1.54, 1.807) is 6.07 Å². The largest absolute Gasteiger partial charge is 0.301 e. The molecule has 2 rings (SSSR count). The Morgan fingerprint density at radius 2 is 2.23 bits per heavy atom. The number of hydrogen-bond donors (Lipinski definition) is 0. The molecule has 0 radical (unpaired) electrons. The third-order valence-electron chi connectivity index (χ3n) is 2.22. The van der Waals surface area contributed by atoms with Crippen LogP contribution in [0.4, 0.5) is 4.39 Å². The second-order valence-electron chi connectivity index (χ2n) is 3.07. The van der Waals surface area contributed by atoms with Gasteiger partial charge in [0.2, 0.25) is 0 Å². The molecule has 0 aliphatic carbocycles. The lowest BCUT2D eigenvalue weighted by Crippen LogP contribution is -1.92. The van der Waals surface area contributed by atoms with Crippen LogP contribution in [-0.2, 0) is 6.42 Å². The number of nitrogens with zero attached hydrogens (tertiary/aromatic N) is 2. The fourth-order valence-electron chi connectivity index (χ4n) is 1.61. The molecule has 0 atom stereocenters. The fourth-order valence-corrected chi connectivity index (χ4v) is 1.61. The Morgan fingerprint density at radius 1 is 1.46 bits per heavy atom. The van der Waals surface area contributed by atoms with Crippen molar-refractivity contribution in [3.8, 4) is 0 Å². The van der Waals surface area contributed by atoms with Crippen LogP contribution in [0.25, 0.3) is 5.65 Å². The number of imidazole rings is 1. The molecule has 68 valence electrons. The third-order valence-corrected chi connectivity index (χ3v) is 2.22. The van der Waals surface area contributed by atoms with Gasteiger partial charge in [-0.3, -0.25) is 0 Å². The van der Waals surface area contributed by atoms with E-state index in [9.17, 15) is 4.39 Å². The summed E-state index contributed by atoms with van der Waals surface area (Å²) in [5, 5.41) is 0. The highest BCUT2D eigenvalue weighted by atomic mass is 19.1. The summed E-state index contributed by atoms with van der Waals surface area (Å²) in [6.45, 7) is 3.99. The highest BCUT2D eigenvalue weighted by Gasteiger charge is 2.06. The monoisotopic (exact) mass is 178 g/mol. The van der Waals surface area contributed by atoms with Crippen molar-refractivity contribution < 1.29 is 4.39 Å². The summed E-state index contributed by atoms with van der Waals surface area (Å²) in [5.41, 5.74) is 2.87. The van der Waals surface area contributed by atoms with Gasteiger partial charge in [-0.1, -0.05) is 6.92 Å². The molecule has 0 aliphatic rings. The molecule has 0 N–H and O–H groups in total. The van der Waals surface area contributed by atoms with Gasteiger partial charge in [0, 0.05) is 11.9 Å². The first-order valence-electron chi connectivity index (χ1n) is 4.35. The van der Waals surface area contributed by atoms with Gasteiger partial charge in [0.15, 0.2) is 0 Å². The predicted octanol–water partition coefficient (Wildman–Crippen LogP) is 2.34. The van der Waals surface area contributed by atoms with E-state index in [4.69, 9.17) is 0 Å². The van der Waals surface area contributed by atoms with Crippen molar-refractivity contribution in [2.24, 2.45) is 0 Å². The van der Waals surface area contributed by atoms with Gasteiger partial charge < -0.3 is 4.40 Å². The first-order chi connectivity index (χ1) is 6.22. The number of rotatable bonds is 1. The van der Waals surface area contributed by atoms with Crippen LogP contribution in [0.1, 0.15) is 18.3 Å². The second-order valence-corrected chi connectivity index (χ2v) is 3.07. The minimum absolute atomic E-state index is 0.223. The summed E-state index contributed by atoms with van der Waals surface area (Å²) in [7, 11) is 0. The third kappa shape index (κ3) is 1.20. The Kier molecular flexibility index (Phi) is 1.79. The maximum atomic E-state index is 12.9. The van der Waals surface area contributed by atoms with E-state index < -0.39 is 0 Å². The van der Waals surface area contributed by atoms with Crippen LogP contribution in [0.15, 0.2) is 18.3 Å². The standard InChI is InChI=1S/C10H11FN2/c1-3-9-7(2)12-10-5-4-8(11)6-13(9)10/h4-6H,3H2,1-2H3. The van der Waals surface area contributed by atoms with E-state index in [0.717, 1.165) is 23.5 Å². The second kappa shape index (κ2) is 2.83. The lowest BCUT2D eigenvalue weighted by Gasteiger charge is -1.98. The number of hydrogen-bond acceptors (Lipinski definition) is 1. The highest BCUT2D eigenvalue weighted by molar-refractivity contribution is 5.42. The molecular weight excluding hydrogens is 167 g/mol. The summed E-state index contributed by atoms with van der Waals surface area (Å²) in [6.07, 6.45) is 2.35. The lowest BCUT2D eigenvalue weighted by atomic mass is 10.3. The van der Waals surface area contributed by atoms with Crippen LogP contribution in [0.2, 0.25) is 0 Å².